The van der Waals surface area contributed by atoms with Crippen LogP contribution in [0.3, 0.4) is 0 Å². The van der Waals surface area contributed by atoms with Crippen molar-refractivity contribution in [1.29, 1.82) is 0 Å². The highest BCUT2D eigenvalue weighted by Crippen LogP contribution is 2.18. The number of amides is 4. The fourth-order valence-corrected chi connectivity index (χ4v) is 8.76. The highest BCUT2D eigenvalue weighted by Gasteiger charge is 2.20. The lowest BCUT2D eigenvalue weighted by Gasteiger charge is -2.11. The molecule has 20 nitrogen and oxygen atoms in total. The van der Waals surface area contributed by atoms with Crippen LogP contribution in [0.25, 0.3) is 5.57 Å². The van der Waals surface area contributed by atoms with E-state index in [1.807, 2.05) is 55.5 Å². The van der Waals surface area contributed by atoms with Crippen LogP contribution in [-0.4, -0.2) is 91.1 Å². The molecule has 0 unspecified atom stereocenters. The number of aromatic carboxylic acids is 4. The van der Waals surface area contributed by atoms with Gasteiger partial charge in [0.1, 0.15) is 5.78 Å². The third-order valence-electron chi connectivity index (χ3n) is 13.9. The monoisotopic (exact) mass is 1260 g/mol. The van der Waals surface area contributed by atoms with Crippen molar-refractivity contribution in [2.24, 2.45) is 0 Å². The van der Waals surface area contributed by atoms with Crippen molar-refractivity contribution in [1.82, 2.24) is 21.3 Å². The standard InChI is InChI=1S/C19H17NO5.C19H19NO4.C18H17NO3.C17H15NO4/c1-11(21)13-7-8-14(17(9-13)12(2)22)10-20-18(23)15-5-3-4-6-16(15)19(24)25;1-13(21)6-7-14-8-10-15(11-9-14)12-20-18(22)16-4-2-3-5-17(16)19(23)24;1-12(2)14-9-7-13(8-10-14)11-19-17(20)15-5-3-4-6-16(15)18(21)22;1-11(19)13-8-6-12(7-9-13)10-18-16(20)14-4-2-3-5-15(14)17(21)22/h3-9H,10H2,1-2H3,(H,20,23)(H,24,25);2-5,8-11H,6-7,12H2,1H3,(H,20,22)(H,23,24);3-10H,1,11H2,2H3,(H,19,20)(H,21,22);2-9H,10H2,1H3,(H,18,20)(H,21,22). The zero-order chi connectivity index (χ0) is 68.3. The SMILES string of the molecule is C=C(C)c1ccc(CNC(=O)c2ccccc2C(=O)O)cc1.CC(=O)CCc1ccc(CNC(=O)c2ccccc2C(=O)O)cc1.CC(=O)c1ccc(CNC(=O)c2ccccc2C(=O)O)c(C(C)=O)c1.CC(=O)c1ccc(CNC(=O)c2ccccc2C(=O)O)cc1. The number of hydrogen-bond acceptors (Lipinski definition) is 12. The number of aryl methyl sites for hydroxylation is 1. The molecule has 8 N–H and O–H groups in total. The van der Waals surface area contributed by atoms with Gasteiger partial charge < -0.3 is 46.5 Å². The fraction of sp³-hybridized carbons (Fsp3) is 0.151. The Balaban J connectivity index is 0.000000225. The van der Waals surface area contributed by atoms with E-state index in [0.29, 0.717) is 48.2 Å². The zero-order valence-corrected chi connectivity index (χ0v) is 51.5. The average molecular weight is 1260 g/mol. The number of carboxylic acid groups (broad SMARTS) is 4. The number of carboxylic acids is 4. The van der Waals surface area contributed by atoms with Crippen molar-refractivity contribution in [3.8, 4) is 0 Å². The lowest BCUT2D eigenvalue weighted by Crippen LogP contribution is -2.25. The van der Waals surface area contributed by atoms with Gasteiger partial charge in [0.2, 0.25) is 0 Å². The summed E-state index contributed by atoms with van der Waals surface area (Å²) in [7, 11) is 0. The van der Waals surface area contributed by atoms with Crippen LogP contribution in [0.15, 0.2) is 195 Å². The number of ketones is 4. The second-order valence-electron chi connectivity index (χ2n) is 20.9. The van der Waals surface area contributed by atoms with Gasteiger partial charge in [0.15, 0.2) is 17.3 Å². The molecule has 476 valence electrons. The largest absolute Gasteiger partial charge is 0.478 e. The first-order chi connectivity index (χ1) is 44.2. The van der Waals surface area contributed by atoms with E-state index in [0.717, 1.165) is 33.4 Å². The number of rotatable bonds is 23. The van der Waals surface area contributed by atoms with Gasteiger partial charge in [-0.2, -0.15) is 0 Å². The number of carbonyl (C=O) groups is 12. The smallest absolute Gasteiger partial charge is 0.336 e. The lowest BCUT2D eigenvalue weighted by atomic mass is 9.99. The van der Waals surface area contributed by atoms with Crippen molar-refractivity contribution in [3.63, 3.8) is 0 Å². The van der Waals surface area contributed by atoms with E-state index in [1.165, 1.54) is 81.4 Å². The topological polar surface area (TPSA) is 334 Å². The molecule has 8 aromatic carbocycles. The van der Waals surface area contributed by atoms with Crippen LogP contribution in [0.5, 0.6) is 0 Å². The third-order valence-corrected chi connectivity index (χ3v) is 13.9. The minimum Gasteiger partial charge on any atom is -0.478 e. The maximum absolute atomic E-state index is 12.3. The summed E-state index contributed by atoms with van der Waals surface area (Å²) in [6.07, 6.45) is 1.22. The highest BCUT2D eigenvalue weighted by atomic mass is 16.4. The maximum atomic E-state index is 12.3. The molecule has 8 aromatic rings. The van der Waals surface area contributed by atoms with Gasteiger partial charge >= 0.3 is 23.9 Å². The average Bonchev–Trinajstić information content (AvgIpc) is 0.958. The van der Waals surface area contributed by atoms with Gasteiger partial charge in [-0.15, -0.1) is 0 Å². The maximum Gasteiger partial charge on any atom is 0.336 e. The summed E-state index contributed by atoms with van der Waals surface area (Å²) >= 11 is 0. The van der Waals surface area contributed by atoms with E-state index in [4.69, 9.17) is 20.4 Å². The van der Waals surface area contributed by atoms with Crippen LogP contribution in [0.1, 0.15) is 188 Å². The molecule has 0 radical (unpaired) electrons. The van der Waals surface area contributed by atoms with E-state index in [2.05, 4.69) is 27.8 Å². The number of nitrogens with one attached hydrogen (secondary N) is 4. The number of hydrogen-bond donors (Lipinski definition) is 8. The van der Waals surface area contributed by atoms with Crippen molar-refractivity contribution in [2.45, 2.75) is 73.6 Å². The second kappa shape index (κ2) is 35.2. The minimum absolute atomic E-state index is 0.00219. The number of carbonyl (C=O) groups excluding carboxylic acids is 8. The van der Waals surface area contributed by atoms with Gasteiger partial charge in [0.25, 0.3) is 23.6 Å². The highest BCUT2D eigenvalue weighted by molar-refractivity contribution is 6.07. The fourth-order valence-electron chi connectivity index (χ4n) is 8.76. The Morgan fingerprint density at radius 3 is 0.882 bits per heavy atom. The van der Waals surface area contributed by atoms with Crippen LogP contribution in [0.4, 0.5) is 0 Å². The van der Waals surface area contributed by atoms with Gasteiger partial charge in [-0.05, 0) is 129 Å². The van der Waals surface area contributed by atoms with Crippen LogP contribution < -0.4 is 21.3 Å². The number of Topliss-reactive ketones (excluding diaryl/α,β-unsaturated/α-hetero) is 4. The summed E-state index contributed by atoms with van der Waals surface area (Å²) in [4.78, 5) is 139. The summed E-state index contributed by atoms with van der Waals surface area (Å²) in [5.74, 6) is -6.65. The van der Waals surface area contributed by atoms with Crippen molar-refractivity contribution < 1.29 is 78.0 Å². The molecule has 0 bridgehead atoms. The molecule has 93 heavy (non-hydrogen) atoms. The molecule has 0 fully saturated rings. The first kappa shape index (κ1) is 71.7. The Kier molecular flexibility index (Phi) is 27.1. The van der Waals surface area contributed by atoms with Crippen molar-refractivity contribution >= 4 is 76.2 Å². The summed E-state index contributed by atoms with van der Waals surface area (Å²) in [6, 6.07) is 51.1. The summed E-state index contributed by atoms with van der Waals surface area (Å²) in [5, 5.41) is 47.2. The van der Waals surface area contributed by atoms with Crippen LogP contribution in [-0.2, 0) is 37.4 Å². The predicted molar refractivity (Wildman–Crippen MR) is 348 cm³/mol. The molecule has 20 heteroatoms. The predicted octanol–water partition coefficient (Wildman–Crippen LogP) is 11.4. The third kappa shape index (κ3) is 22.2. The Labute approximate surface area is 536 Å². The molecule has 0 heterocycles. The molecule has 0 saturated carbocycles. The van der Waals surface area contributed by atoms with Crippen LogP contribution >= 0.6 is 0 Å². The first-order valence-electron chi connectivity index (χ1n) is 28.7. The van der Waals surface area contributed by atoms with E-state index in [-0.39, 0.29) is 80.7 Å². The van der Waals surface area contributed by atoms with Crippen LogP contribution in [0, 0.1) is 0 Å². The van der Waals surface area contributed by atoms with Gasteiger partial charge in [-0.3, -0.25) is 33.6 Å². The first-order valence-corrected chi connectivity index (χ1v) is 28.7. The minimum atomic E-state index is -1.19. The molecule has 8 rings (SSSR count). The molecule has 4 amide bonds. The number of allylic oxidation sites excluding steroid dienone is 1. The van der Waals surface area contributed by atoms with Gasteiger partial charge in [-0.1, -0.05) is 146 Å². The van der Waals surface area contributed by atoms with Crippen molar-refractivity contribution in [3.05, 3.63) is 289 Å². The molecular weight excluding hydrogens is 1190 g/mol. The van der Waals surface area contributed by atoms with Gasteiger partial charge in [0, 0.05) is 49.3 Å². The molecule has 0 atom stereocenters. The van der Waals surface area contributed by atoms with E-state index in [1.54, 1.807) is 85.8 Å². The normalized spacial score (nSPS) is 10.1. The molecular formula is C73H68N4O16. The van der Waals surface area contributed by atoms with Gasteiger partial charge in [0.05, 0.1) is 44.5 Å². The Morgan fingerprint density at radius 1 is 0.312 bits per heavy atom. The molecule has 0 spiro atoms. The zero-order valence-electron chi connectivity index (χ0n) is 51.5. The van der Waals surface area contributed by atoms with E-state index in [9.17, 15) is 57.5 Å². The molecule has 0 aliphatic heterocycles. The van der Waals surface area contributed by atoms with Crippen LogP contribution in [0.2, 0.25) is 0 Å². The summed E-state index contributed by atoms with van der Waals surface area (Å²) in [6.45, 7) is 12.6. The quantitative estimate of drug-likeness (QED) is 0.0276. The molecule has 0 aliphatic rings. The summed E-state index contributed by atoms with van der Waals surface area (Å²) < 4.78 is 0. The molecule has 0 aromatic heterocycles. The Hall–Kier alpha value is -12.1. The Bertz CT molecular complexity index is 3990. The van der Waals surface area contributed by atoms with Gasteiger partial charge in [-0.25, -0.2) is 19.2 Å². The number of benzene rings is 8. The van der Waals surface area contributed by atoms with E-state index >= 15 is 0 Å². The summed E-state index contributed by atoms with van der Waals surface area (Å²) in [5.41, 5.74) is 7.99. The second-order valence-corrected chi connectivity index (χ2v) is 20.9. The molecule has 0 aliphatic carbocycles. The molecule has 0 saturated heterocycles. The van der Waals surface area contributed by atoms with E-state index < -0.39 is 47.5 Å². The lowest BCUT2D eigenvalue weighted by molar-refractivity contribution is -0.117. The Morgan fingerprint density at radius 2 is 0.591 bits per heavy atom. The van der Waals surface area contributed by atoms with Crippen molar-refractivity contribution in [2.75, 3.05) is 0 Å².